The van der Waals surface area contributed by atoms with Crippen molar-refractivity contribution in [2.75, 3.05) is 18.1 Å². The number of anilines is 1. The van der Waals surface area contributed by atoms with Gasteiger partial charge in [0.05, 0.1) is 30.0 Å². The Hall–Kier alpha value is -3.37. The van der Waals surface area contributed by atoms with Crippen LogP contribution in [0.15, 0.2) is 88.9 Å². The minimum Gasteiger partial charge on any atom is -0.497 e. The van der Waals surface area contributed by atoms with Gasteiger partial charge in [-0.2, -0.15) is 17.9 Å². The van der Waals surface area contributed by atoms with Crippen LogP contribution in [0.4, 0.5) is 5.69 Å². The molecule has 0 aliphatic carbocycles. The van der Waals surface area contributed by atoms with E-state index in [1.165, 1.54) is 19.2 Å². The second kappa shape index (κ2) is 8.87. The third-order valence-electron chi connectivity index (χ3n) is 5.18. The molecule has 10 heteroatoms. The molecule has 1 aliphatic rings. The molecule has 3 aromatic carbocycles. The van der Waals surface area contributed by atoms with Crippen molar-refractivity contribution < 1.29 is 21.6 Å². The highest BCUT2D eigenvalue weighted by Gasteiger charge is 2.37. The van der Waals surface area contributed by atoms with E-state index in [9.17, 15) is 16.8 Å². The molecule has 0 spiro atoms. The standard InChI is InChI=1S/C23H23N3O5S2/c1-31-20-12-14-21(15-13-20)33(29,30)26-23(18-6-4-3-5-7-18)16-22(24-26)17-8-10-19(11-9-17)25-32(2,27)28/h3-15,23,25H,16H2,1-2H3/t23-/m1/s1. The zero-order valence-corrected chi connectivity index (χ0v) is 19.7. The van der Waals surface area contributed by atoms with E-state index in [4.69, 9.17) is 4.74 Å². The summed E-state index contributed by atoms with van der Waals surface area (Å²) < 4.78 is 58.6. The van der Waals surface area contributed by atoms with E-state index in [-0.39, 0.29) is 4.90 Å². The van der Waals surface area contributed by atoms with Crippen molar-refractivity contribution in [3.05, 3.63) is 90.0 Å². The largest absolute Gasteiger partial charge is 0.497 e. The van der Waals surface area contributed by atoms with Gasteiger partial charge in [-0.05, 0) is 47.5 Å². The molecule has 3 aromatic rings. The van der Waals surface area contributed by atoms with Crippen molar-refractivity contribution in [2.45, 2.75) is 17.4 Å². The molecule has 8 nitrogen and oxygen atoms in total. The molecule has 0 aromatic heterocycles. The van der Waals surface area contributed by atoms with Gasteiger partial charge in [0.2, 0.25) is 10.0 Å². The van der Waals surface area contributed by atoms with E-state index in [2.05, 4.69) is 9.82 Å². The van der Waals surface area contributed by atoms with Crippen molar-refractivity contribution >= 4 is 31.4 Å². The fourth-order valence-electron chi connectivity index (χ4n) is 3.61. The lowest BCUT2D eigenvalue weighted by Gasteiger charge is -2.23. The maximum absolute atomic E-state index is 13.5. The van der Waals surface area contributed by atoms with Gasteiger partial charge in [0, 0.05) is 12.1 Å². The molecule has 0 fully saturated rings. The maximum atomic E-state index is 13.5. The van der Waals surface area contributed by atoms with Crippen LogP contribution in [0.1, 0.15) is 23.6 Å². The number of sulfonamides is 2. The number of rotatable bonds is 7. The van der Waals surface area contributed by atoms with Crippen LogP contribution >= 0.6 is 0 Å². The summed E-state index contributed by atoms with van der Waals surface area (Å²) in [5, 5.41) is 4.50. The van der Waals surface area contributed by atoms with E-state index in [0.717, 1.165) is 16.2 Å². The second-order valence-corrected chi connectivity index (χ2v) is 11.1. The summed E-state index contributed by atoms with van der Waals surface area (Å²) in [5.41, 5.74) is 2.54. The van der Waals surface area contributed by atoms with Crippen molar-refractivity contribution in [3.63, 3.8) is 0 Å². The predicted molar refractivity (Wildman–Crippen MR) is 127 cm³/mol. The molecular formula is C23H23N3O5S2. The minimum atomic E-state index is -3.94. The number of ether oxygens (including phenoxy) is 1. The first-order valence-electron chi connectivity index (χ1n) is 10.1. The highest BCUT2D eigenvalue weighted by atomic mass is 32.2. The Morgan fingerprint density at radius 3 is 2.12 bits per heavy atom. The van der Waals surface area contributed by atoms with Crippen LogP contribution in [-0.4, -0.2) is 40.3 Å². The number of hydrogen-bond donors (Lipinski definition) is 1. The van der Waals surface area contributed by atoms with Gasteiger partial charge >= 0.3 is 0 Å². The molecule has 33 heavy (non-hydrogen) atoms. The molecule has 0 saturated carbocycles. The van der Waals surface area contributed by atoms with Crippen LogP contribution in [0, 0.1) is 0 Å². The quantitative estimate of drug-likeness (QED) is 0.550. The van der Waals surface area contributed by atoms with Crippen LogP contribution in [0.3, 0.4) is 0 Å². The fraction of sp³-hybridized carbons (Fsp3) is 0.174. The molecule has 0 saturated heterocycles. The van der Waals surface area contributed by atoms with E-state index in [1.54, 1.807) is 36.4 Å². The summed E-state index contributed by atoms with van der Waals surface area (Å²) in [7, 11) is -5.81. The molecule has 4 rings (SSSR count). The predicted octanol–water partition coefficient (Wildman–Crippen LogP) is 3.61. The molecule has 0 radical (unpaired) electrons. The molecule has 0 bridgehead atoms. The molecule has 172 valence electrons. The Kier molecular flexibility index (Phi) is 6.13. The first kappa shape index (κ1) is 22.8. The number of nitrogens with one attached hydrogen (secondary N) is 1. The van der Waals surface area contributed by atoms with Gasteiger partial charge in [-0.15, -0.1) is 0 Å². The lowest BCUT2D eigenvalue weighted by molar-refractivity contribution is 0.371. The smallest absolute Gasteiger partial charge is 0.279 e. The Morgan fingerprint density at radius 2 is 1.55 bits per heavy atom. The fourth-order valence-corrected chi connectivity index (χ4v) is 5.61. The van der Waals surface area contributed by atoms with Gasteiger partial charge in [0.1, 0.15) is 5.75 Å². The van der Waals surface area contributed by atoms with Crippen molar-refractivity contribution in [1.82, 2.24) is 4.41 Å². The van der Waals surface area contributed by atoms with E-state index in [1.807, 2.05) is 30.3 Å². The average molecular weight is 486 g/mol. The zero-order valence-electron chi connectivity index (χ0n) is 18.0. The van der Waals surface area contributed by atoms with E-state index < -0.39 is 26.1 Å². The van der Waals surface area contributed by atoms with Crippen LogP contribution < -0.4 is 9.46 Å². The van der Waals surface area contributed by atoms with Crippen LogP contribution in [0.2, 0.25) is 0 Å². The lowest BCUT2D eigenvalue weighted by Crippen LogP contribution is -2.27. The maximum Gasteiger partial charge on any atom is 0.279 e. The van der Waals surface area contributed by atoms with Gasteiger partial charge in [0.15, 0.2) is 0 Å². The van der Waals surface area contributed by atoms with E-state index in [0.29, 0.717) is 29.1 Å². The Morgan fingerprint density at radius 1 is 0.909 bits per heavy atom. The Bertz CT molecular complexity index is 1370. The van der Waals surface area contributed by atoms with Gasteiger partial charge in [-0.3, -0.25) is 4.72 Å². The van der Waals surface area contributed by atoms with Crippen molar-refractivity contribution in [1.29, 1.82) is 0 Å². The van der Waals surface area contributed by atoms with Crippen molar-refractivity contribution in [3.8, 4) is 5.75 Å². The topological polar surface area (TPSA) is 105 Å². The first-order valence-corrected chi connectivity index (χ1v) is 13.4. The lowest BCUT2D eigenvalue weighted by atomic mass is 9.99. The number of nitrogens with zero attached hydrogens (tertiary/aromatic N) is 2. The second-order valence-electron chi connectivity index (χ2n) is 7.58. The molecule has 0 amide bonds. The van der Waals surface area contributed by atoms with Gasteiger partial charge in [0.25, 0.3) is 10.0 Å². The van der Waals surface area contributed by atoms with Crippen LogP contribution in [-0.2, 0) is 20.0 Å². The zero-order chi connectivity index (χ0) is 23.6. The summed E-state index contributed by atoms with van der Waals surface area (Å²) in [6.07, 6.45) is 1.45. The summed E-state index contributed by atoms with van der Waals surface area (Å²) in [6, 6.07) is 21.7. The molecule has 1 heterocycles. The number of hydrogen-bond acceptors (Lipinski definition) is 6. The third-order valence-corrected chi connectivity index (χ3v) is 7.48. The summed E-state index contributed by atoms with van der Waals surface area (Å²) in [5.74, 6) is 0.557. The minimum absolute atomic E-state index is 0.113. The van der Waals surface area contributed by atoms with Crippen LogP contribution in [0.5, 0.6) is 5.75 Å². The number of methoxy groups -OCH3 is 1. The van der Waals surface area contributed by atoms with Crippen molar-refractivity contribution in [2.24, 2.45) is 5.10 Å². The van der Waals surface area contributed by atoms with E-state index >= 15 is 0 Å². The molecular weight excluding hydrogens is 462 g/mol. The molecule has 1 atom stereocenters. The summed E-state index contributed by atoms with van der Waals surface area (Å²) in [4.78, 5) is 0.113. The van der Waals surface area contributed by atoms with Gasteiger partial charge in [-0.1, -0.05) is 42.5 Å². The molecule has 1 N–H and O–H groups in total. The summed E-state index contributed by atoms with van der Waals surface area (Å²) >= 11 is 0. The molecule has 0 unspecified atom stereocenters. The van der Waals surface area contributed by atoms with Gasteiger partial charge < -0.3 is 4.74 Å². The summed E-state index contributed by atoms with van der Waals surface area (Å²) in [6.45, 7) is 0. The van der Waals surface area contributed by atoms with Gasteiger partial charge in [-0.25, -0.2) is 8.42 Å². The average Bonchev–Trinajstić information content (AvgIpc) is 3.26. The SMILES string of the molecule is COc1ccc(S(=O)(=O)N2N=C(c3ccc(NS(C)(=O)=O)cc3)C[C@@H]2c2ccccc2)cc1. The third kappa shape index (κ3) is 5.01. The Balaban J connectivity index is 1.72. The number of hydrazone groups is 1. The number of benzene rings is 3. The first-order chi connectivity index (χ1) is 15.7. The monoisotopic (exact) mass is 485 g/mol. The van der Waals surface area contributed by atoms with Crippen LogP contribution in [0.25, 0.3) is 0 Å². The normalized spacial score (nSPS) is 16.4. The molecule has 1 aliphatic heterocycles. The Labute approximate surface area is 193 Å². The highest BCUT2D eigenvalue weighted by Crippen LogP contribution is 2.37. The highest BCUT2D eigenvalue weighted by molar-refractivity contribution is 7.92.